The van der Waals surface area contributed by atoms with Crippen LogP contribution in [-0.4, -0.2) is 11.9 Å². The highest BCUT2D eigenvalue weighted by molar-refractivity contribution is 5.95. The molecule has 1 N–H and O–H groups in total. The van der Waals surface area contributed by atoms with E-state index in [4.69, 9.17) is 0 Å². The van der Waals surface area contributed by atoms with E-state index >= 15 is 0 Å². The van der Waals surface area contributed by atoms with Gasteiger partial charge in [-0.25, -0.2) is 0 Å². The SMILES string of the molecule is CCC(=O)N1c2ccccc2[C@H](Nc2ccccc2)C[C@H]1C. The zero-order valence-corrected chi connectivity index (χ0v) is 13.1. The first-order chi connectivity index (χ1) is 10.7. The van der Waals surface area contributed by atoms with Gasteiger partial charge in [-0.1, -0.05) is 43.3 Å². The molecule has 2 atom stereocenters. The van der Waals surface area contributed by atoms with E-state index in [0.29, 0.717) is 6.42 Å². The Labute approximate surface area is 132 Å². The summed E-state index contributed by atoms with van der Waals surface area (Å²) in [5.41, 5.74) is 3.36. The summed E-state index contributed by atoms with van der Waals surface area (Å²) in [5, 5.41) is 3.61. The van der Waals surface area contributed by atoms with Crippen molar-refractivity contribution in [1.82, 2.24) is 0 Å². The van der Waals surface area contributed by atoms with E-state index in [1.54, 1.807) is 0 Å². The number of carbonyl (C=O) groups is 1. The van der Waals surface area contributed by atoms with Crippen molar-refractivity contribution in [3.05, 3.63) is 60.2 Å². The van der Waals surface area contributed by atoms with Crippen LogP contribution >= 0.6 is 0 Å². The molecule has 3 rings (SSSR count). The van der Waals surface area contributed by atoms with Crippen molar-refractivity contribution in [3.8, 4) is 0 Å². The third-order valence-corrected chi connectivity index (χ3v) is 4.28. The molecule has 0 aromatic heterocycles. The Hall–Kier alpha value is -2.29. The van der Waals surface area contributed by atoms with E-state index in [0.717, 1.165) is 17.8 Å². The maximum absolute atomic E-state index is 12.3. The molecule has 1 aliphatic heterocycles. The molecule has 114 valence electrons. The van der Waals surface area contributed by atoms with Crippen LogP contribution in [0.4, 0.5) is 11.4 Å². The predicted molar refractivity (Wildman–Crippen MR) is 91.1 cm³/mol. The summed E-state index contributed by atoms with van der Waals surface area (Å²) < 4.78 is 0. The number of hydrogen-bond donors (Lipinski definition) is 1. The Balaban J connectivity index is 1.95. The van der Waals surface area contributed by atoms with Crippen LogP contribution in [0.1, 0.15) is 38.3 Å². The highest BCUT2D eigenvalue weighted by Gasteiger charge is 2.32. The van der Waals surface area contributed by atoms with Gasteiger partial charge in [-0.3, -0.25) is 4.79 Å². The molecule has 2 aromatic carbocycles. The lowest BCUT2D eigenvalue weighted by Crippen LogP contribution is -2.44. The molecule has 0 saturated heterocycles. The zero-order chi connectivity index (χ0) is 15.5. The van der Waals surface area contributed by atoms with Crippen LogP contribution in [0.25, 0.3) is 0 Å². The Morgan fingerprint density at radius 3 is 2.55 bits per heavy atom. The Bertz CT molecular complexity index is 653. The van der Waals surface area contributed by atoms with E-state index in [1.165, 1.54) is 5.56 Å². The minimum Gasteiger partial charge on any atom is -0.378 e. The number of nitrogens with one attached hydrogen (secondary N) is 1. The summed E-state index contributed by atoms with van der Waals surface area (Å²) in [5.74, 6) is 0.193. The average Bonchev–Trinajstić information content (AvgIpc) is 2.55. The predicted octanol–water partition coefficient (Wildman–Crippen LogP) is 4.38. The minimum absolute atomic E-state index is 0.193. The molecule has 0 aliphatic carbocycles. The standard InChI is InChI=1S/C19H22N2O/c1-3-19(22)21-14(2)13-17(16-11-7-8-12-18(16)21)20-15-9-5-4-6-10-15/h4-12,14,17,20H,3,13H2,1-2H3/t14-,17-/m1/s1. The third kappa shape index (κ3) is 2.71. The van der Waals surface area contributed by atoms with E-state index in [9.17, 15) is 4.79 Å². The number of amides is 1. The molecule has 1 heterocycles. The van der Waals surface area contributed by atoms with Gasteiger partial charge in [0.05, 0.1) is 6.04 Å². The number of nitrogens with zero attached hydrogens (tertiary/aromatic N) is 1. The molecule has 0 unspecified atom stereocenters. The molecule has 3 nitrogen and oxygen atoms in total. The second-order valence-electron chi connectivity index (χ2n) is 5.82. The van der Waals surface area contributed by atoms with Gasteiger partial charge in [0.1, 0.15) is 0 Å². The second-order valence-corrected chi connectivity index (χ2v) is 5.82. The van der Waals surface area contributed by atoms with Crippen LogP contribution in [0.3, 0.4) is 0 Å². The summed E-state index contributed by atoms with van der Waals surface area (Å²) in [6.45, 7) is 4.05. The van der Waals surface area contributed by atoms with Gasteiger partial charge in [0, 0.05) is 23.8 Å². The average molecular weight is 294 g/mol. The van der Waals surface area contributed by atoms with Gasteiger partial charge in [0.25, 0.3) is 0 Å². The number of para-hydroxylation sites is 2. The van der Waals surface area contributed by atoms with Crippen molar-refractivity contribution in [1.29, 1.82) is 0 Å². The van der Waals surface area contributed by atoms with Crippen molar-refractivity contribution < 1.29 is 4.79 Å². The largest absolute Gasteiger partial charge is 0.378 e. The summed E-state index contributed by atoms with van der Waals surface area (Å²) in [6.07, 6.45) is 1.45. The van der Waals surface area contributed by atoms with Crippen molar-refractivity contribution in [2.24, 2.45) is 0 Å². The van der Waals surface area contributed by atoms with E-state index < -0.39 is 0 Å². The van der Waals surface area contributed by atoms with Crippen LogP contribution in [0.5, 0.6) is 0 Å². The summed E-state index contributed by atoms with van der Waals surface area (Å²) in [6, 6.07) is 18.9. The summed E-state index contributed by atoms with van der Waals surface area (Å²) in [7, 11) is 0. The number of fused-ring (bicyclic) bond motifs is 1. The van der Waals surface area contributed by atoms with Gasteiger partial charge in [-0.2, -0.15) is 0 Å². The monoisotopic (exact) mass is 294 g/mol. The molecule has 3 heteroatoms. The molecule has 0 saturated carbocycles. The van der Waals surface area contributed by atoms with Crippen molar-refractivity contribution in [2.45, 2.75) is 38.8 Å². The van der Waals surface area contributed by atoms with Gasteiger partial charge in [0.15, 0.2) is 0 Å². The number of benzene rings is 2. The fourth-order valence-corrected chi connectivity index (χ4v) is 3.24. The maximum atomic E-state index is 12.3. The summed E-state index contributed by atoms with van der Waals surface area (Å²) >= 11 is 0. The fraction of sp³-hybridized carbons (Fsp3) is 0.316. The van der Waals surface area contributed by atoms with Gasteiger partial charge in [-0.05, 0) is 37.1 Å². The Kier molecular flexibility index (Phi) is 4.14. The third-order valence-electron chi connectivity index (χ3n) is 4.28. The molecule has 1 amide bonds. The topological polar surface area (TPSA) is 32.3 Å². The minimum atomic E-state index is 0.193. The van der Waals surface area contributed by atoms with E-state index in [2.05, 4.69) is 36.5 Å². The smallest absolute Gasteiger partial charge is 0.226 e. The first-order valence-corrected chi connectivity index (χ1v) is 7.93. The number of carbonyl (C=O) groups excluding carboxylic acids is 1. The Morgan fingerprint density at radius 2 is 1.82 bits per heavy atom. The highest BCUT2D eigenvalue weighted by atomic mass is 16.2. The van der Waals surface area contributed by atoms with Gasteiger partial charge >= 0.3 is 0 Å². The molecule has 0 bridgehead atoms. The van der Waals surface area contributed by atoms with Gasteiger partial charge in [0.2, 0.25) is 5.91 Å². The Morgan fingerprint density at radius 1 is 1.14 bits per heavy atom. The van der Waals surface area contributed by atoms with Crippen LogP contribution in [-0.2, 0) is 4.79 Å². The van der Waals surface area contributed by atoms with E-state index in [1.807, 2.05) is 42.2 Å². The fourth-order valence-electron chi connectivity index (χ4n) is 3.24. The van der Waals surface area contributed by atoms with Crippen LogP contribution in [0, 0.1) is 0 Å². The number of rotatable bonds is 3. The molecular weight excluding hydrogens is 272 g/mol. The molecule has 0 fully saturated rings. The first-order valence-electron chi connectivity index (χ1n) is 7.93. The van der Waals surface area contributed by atoms with Crippen LogP contribution in [0.15, 0.2) is 54.6 Å². The van der Waals surface area contributed by atoms with Crippen molar-refractivity contribution >= 4 is 17.3 Å². The van der Waals surface area contributed by atoms with Crippen molar-refractivity contribution in [3.63, 3.8) is 0 Å². The van der Waals surface area contributed by atoms with E-state index in [-0.39, 0.29) is 18.0 Å². The normalized spacial score (nSPS) is 20.4. The first kappa shape index (κ1) is 14.6. The summed E-state index contributed by atoms with van der Waals surface area (Å²) in [4.78, 5) is 14.3. The quantitative estimate of drug-likeness (QED) is 0.911. The maximum Gasteiger partial charge on any atom is 0.226 e. The van der Waals surface area contributed by atoms with Gasteiger partial charge < -0.3 is 10.2 Å². The highest BCUT2D eigenvalue weighted by Crippen LogP contribution is 2.39. The van der Waals surface area contributed by atoms with Crippen molar-refractivity contribution in [2.75, 3.05) is 10.2 Å². The molecule has 22 heavy (non-hydrogen) atoms. The molecule has 0 radical (unpaired) electrons. The lowest BCUT2D eigenvalue weighted by atomic mass is 9.91. The van der Waals surface area contributed by atoms with Crippen LogP contribution < -0.4 is 10.2 Å². The molecule has 0 spiro atoms. The van der Waals surface area contributed by atoms with Gasteiger partial charge in [-0.15, -0.1) is 0 Å². The second kappa shape index (κ2) is 6.22. The zero-order valence-electron chi connectivity index (χ0n) is 13.1. The molecule has 1 aliphatic rings. The molecule has 2 aromatic rings. The lowest BCUT2D eigenvalue weighted by Gasteiger charge is -2.40. The number of anilines is 2. The van der Waals surface area contributed by atoms with Crippen LogP contribution in [0.2, 0.25) is 0 Å². The lowest BCUT2D eigenvalue weighted by molar-refractivity contribution is -0.118. The molecular formula is C19H22N2O. The number of hydrogen-bond acceptors (Lipinski definition) is 2.